The molecule has 3 heteroatoms. The zero-order valence-corrected chi connectivity index (χ0v) is 11.5. The van der Waals surface area contributed by atoms with Crippen LogP contribution in [0.2, 0.25) is 0 Å². The summed E-state index contributed by atoms with van der Waals surface area (Å²) in [6.45, 7) is 4.48. The number of aliphatic hydroxyl groups is 1. The molecule has 1 aliphatic carbocycles. The molecule has 0 aliphatic heterocycles. The van der Waals surface area contributed by atoms with Crippen molar-refractivity contribution in [2.45, 2.75) is 51.5 Å². The molecule has 0 aromatic rings. The van der Waals surface area contributed by atoms with Gasteiger partial charge in [-0.15, -0.1) is 0 Å². The molecule has 0 aromatic carbocycles. The summed E-state index contributed by atoms with van der Waals surface area (Å²) in [4.78, 5) is 2.50. The van der Waals surface area contributed by atoms with Crippen LogP contribution < -0.4 is 0 Å². The zero-order chi connectivity index (χ0) is 11.8. The number of aliphatic hydroxyl groups excluding tert-OH is 1. The van der Waals surface area contributed by atoms with Gasteiger partial charge in [0.15, 0.2) is 0 Å². The van der Waals surface area contributed by atoms with Crippen LogP contribution in [0.15, 0.2) is 0 Å². The maximum Gasteiger partial charge on any atom is 0.0558 e. The molecule has 0 spiro atoms. The highest BCUT2D eigenvalue weighted by atomic mass is 32.1. The van der Waals surface area contributed by atoms with Gasteiger partial charge in [0.2, 0.25) is 0 Å². The van der Waals surface area contributed by atoms with Crippen molar-refractivity contribution in [3.8, 4) is 0 Å². The third kappa shape index (κ3) is 4.64. The third-order valence-electron chi connectivity index (χ3n) is 3.81. The van der Waals surface area contributed by atoms with E-state index in [1.54, 1.807) is 0 Å². The second-order valence-corrected chi connectivity index (χ2v) is 5.33. The number of rotatable bonds is 7. The van der Waals surface area contributed by atoms with Crippen molar-refractivity contribution in [1.82, 2.24) is 4.90 Å². The molecule has 96 valence electrons. The molecule has 0 saturated heterocycles. The number of nitrogens with zero attached hydrogens (tertiary/aromatic N) is 1. The van der Waals surface area contributed by atoms with Crippen LogP contribution in [-0.2, 0) is 0 Å². The van der Waals surface area contributed by atoms with Crippen LogP contribution in [0.5, 0.6) is 0 Å². The van der Waals surface area contributed by atoms with Gasteiger partial charge in [-0.3, -0.25) is 4.90 Å². The first-order chi connectivity index (χ1) is 7.81. The van der Waals surface area contributed by atoms with E-state index in [-0.39, 0.29) is 0 Å². The van der Waals surface area contributed by atoms with E-state index >= 15 is 0 Å². The van der Waals surface area contributed by atoms with Crippen LogP contribution in [-0.4, -0.2) is 41.5 Å². The van der Waals surface area contributed by atoms with E-state index in [1.807, 2.05) is 0 Å². The minimum absolute atomic E-state index is 0.291. The monoisotopic (exact) mass is 245 g/mol. The van der Waals surface area contributed by atoms with E-state index in [2.05, 4.69) is 24.5 Å². The van der Waals surface area contributed by atoms with E-state index in [0.717, 1.165) is 24.9 Å². The van der Waals surface area contributed by atoms with Crippen LogP contribution >= 0.6 is 12.6 Å². The molecule has 1 aliphatic rings. The van der Waals surface area contributed by atoms with Crippen molar-refractivity contribution in [3.63, 3.8) is 0 Å². The van der Waals surface area contributed by atoms with Gasteiger partial charge in [0.25, 0.3) is 0 Å². The highest BCUT2D eigenvalue weighted by Crippen LogP contribution is 2.23. The minimum atomic E-state index is 0.291. The Bertz CT molecular complexity index is 167. The third-order valence-corrected chi connectivity index (χ3v) is 4.32. The van der Waals surface area contributed by atoms with Crippen molar-refractivity contribution in [2.24, 2.45) is 5.92 Å². The Hall–Kier alpha value is 0.270. The highest BCUT2D eigenvalue weighted by Gasteiger charge is 2.22. The summed E-state index contributed by atoms with van der Waals surface area (Å²) in [6.07, 6.45) is 7.96. The summed E-state index contributed by atoms with van der Waals surface area (Å²) < 4.78 is 0. The Morgan fingerprint density at radius 3 is 2.50 bits per heavy atom. The predicted octanol–water partition coefficient (Wildman–Crippen LogP) is 2.57. The molecule has 1 unspecified atom stereocenters. The van der Waals surface area contributed by atoms with Gasteiger partial charge in [-0.2, -0.15) is 12.6 Å². The van der Waals surface area contributed by atoms with Gasteiger partial charge in [-0.25, -0.2) is 0 Å². The second-order valence-electron chi connectivity index (χ2n) is 4.97. The fourth-order valence-electron chi connectivity index (χ4n) is 2.65. The Labute approximate surface area is 106 Å². The van der Waals surface area contributed by atoms with Crippen LogP contribution in [0.1, 0.15) is 45.4 Å². The Morgan fingerprint density at radius 2 is 2.00 bits per heavy atom. The average Bonchev–Trinajstić information content (AvgIpc) is 2.35. The predicted molar refractivity (Wildman–Crippen MR) is 73.2 cm³/mol. The van der Waals surface area contributed by atoms with E-state index in [4.69, 9.17) is 5.11 Å². The fourth-order valence-corrected chi connectivity index (χ4v) is 3.02. The summed E-state index contributed by atoms with van der Waals surface area (Å²) in [5, 5.41) is 9.16. The maximum absolute atomic E-state index is 9.16. The molecule has 0 bridgehead atoms. The van der Waals surface area contributed by atoms with E-state index in [1.165, 1.54) is 38.5 Å². The summed E-state index contributed by atoms with van der Waals surface area (Å²) in [6, 6.07) is 0.717. The normalized spacial score (nSPS) is 20.2. The Morgan fingerprint density at radius 1 is 1.31 bits per heavy atom. The van der Waals surface area contributed by atoms with Crippen molar-refractivity contribution in [1.29, 1.82) is 0 Å². The van der Waals surface area contributed by atoms with Crippen molar-refractivity contribution in [3.05, 3.63) is 0 Å². The van der Waals surface area contributed by atoms with Gasteiger partial charge in [0.05, 0.1) is 6.61 Å². The molecule has 1 atom stereocenters. The molecule has 0 radical (unpaired) electrons. The lowest BCUT2D eigenvalue weighted by atomic mass is 9.93. The lowest BCUT2D eigenvalue weighted by Crippen LogP contribution is -2.42. The summed E-state index contributed by atoms with van der Waals surface area (Å²) in [5.41, 5.74) is 0. The topological polar surface area (TPSA) is 23.5 Å². The molecule has 16 heavy (non-hydrogen) atoms. The molecule has 0 heterocycles. The lowest BCUT2D eigenvalue weighted by molar-refractivity contribution is 0.109. The fraction of sp³-hybridized carbons (Fsp3) is 1.00. The van der Waals surface area contributed by atoms with Gasteiger partial charge in [-0.05, 0) is 24.5 Å². The lowest BCUT2D eigenvalue weighted by Gasteiger charge is -2.35. The van der Waals surface area contributed by atoms with Crippen molar-refractivity contribution < 1.29 is 5.11 Å². The number of hydrogen-bond acceptors (Lipinski definition) is 3. The largest absolute Gasteiger partial charge is 0.395 e. The van der Waals surface area contributed by atoms with Gasteiger partial charge >= 0.3 is 0 Å². The smallest absolute Gasteiger partial charge is 0.0558 e. The van der Waals surface area contributed by atoms with E-state index in [0.29, 0.717) is 12.5 Å². The molecule has 1 saturated carbocycles. The van der Waals surface area contributed by atoms with E-state index in [9.17, 15) is 0 Å². The van der Waals surface area contributed by atoms with Gasteiger partial charge in [0.1, 0.15) is 0 Å². The molecule has 2 nitrogen and oxygen atoms in total. The molecular weight excluding hydrogens is 218 g/mol. The molecule has 1 fully saturated rings. The Balaban J connectivity index is 2.44. The quantitative estimate of drug-likeness (QED) is 0.674. The standard InChI is InChI=1S/C13H27NOS/c1-2-12(11-16)10-14(8-9-15)13-6-4-3-5-7-13/h12-13,15-16H,2-11H2,1H3. The molecule has 0 amide bonds. The Kier molecular flexibility index (Phi) is 7.50. The summed E-state index contributed by atoms with van der Waals surface area (Å²) in [7, 11) is 0. The highest BCUT2D eigenvalue weighted by molar-refractivity contribution is 7.80. The summed E-state index contributed by atoms with van der Waals surface area (Å²) >= 11 is 4.41. The van der Waals surface area contributed by atoms with Crippen LogP contribution in [0.25, 0.3) is 0 Å². The number of hydrogen-bond donors (Lipinski definition) is 2. The minimum Gasteiger partial charge on any atom is -0.395 e. The SMILES string of the molecule is CCC(CS)CN(CCO)C1CCCCC1. The molecular formula is C13H27NOS. The maximum atomic E-state index is 9.16. The molecule has 1 rings (SSSR count). The van der Waals surface area contributed by atoms with Crippen molar-refractivity contribution in [2.75, 3.05) is 25.4 Å². The summed E-state index contributed by atoms with van der Waals surface area (Å²) in [5.74, 6) is 1.64. The van der Waals surface area contributed by atoms with Gasteiger partial charge < -0.3 is 5.11 Å². The van der Waals surface area contributed by atoms with Crippen LogP contribution in [0.4, 0.5) is 0 Å². The first kappa shape index (κ1) is 14.3. The van der Waals surface area contributed by atoms with Crippen LogP contribution in [0, 0.1) is 5.92 Å². The second kappa shape index (κ2) is 8.37. The first-order valence-electron chi connectivity index (χ1n) is 6.77. The van der Waals surface area contributed by atoms with Crippen LogP contribution in [0.3, 0.4) is 0 Å². The average molecular weight is 245 g/mol. The number of thiol groups is 1. The van der Waals surface area contributed by atoms with Crippen molar-refractivity contribution >= 4 is 12.6 Å². The van der Waals surface area contributed by atoms with Gasteiger partial charge in [0, 0.05) is 19.1 Å². The van der Waals surface area contributed by atoms with Gasteiger partial charge in [-0.1, -0.05) is 32.6 Å². The molecule has 1 N–H and O–H groups in total. The first-order valence-corrected chi connectivity index (χ1v) is 7.40. The molecule has 0 aromatic heterocycles. The van der Waals surface area contributed by atoms with E-state index < -0.39 is 0 Å². The zero-order valence-electron chi connectivity index (χ0n) is 10.6.